The molecule has 1 aliphatic rings. The van der Waals surface area contributed by atoms with Crippen LogP contribution >= 0.6 is 0 Å². The number of unbranched alkanes of at least 4 members (excludes halogenated alkanes) is 1. The number of carbonyl (C=O) groups excluding carboxylic acids is 1. The third-order valence-electron chi connectivity index (χ3n) is 4.20. The van der Waals surface area contributed by atoms with E-state index in [1.807, 2.05) is 36.4 Å². The summed E-state index contributed by atoms with van der Waals surface area (Å²) in [5.41, 5.74) is 3.61. The van der Waals surface area contributed by atoms with E-state index >= 15 is 0 Å². The third-order valence-corrected chi connectivity index (χ3v) is 4.20. The molecule has 3 nitrogen and oxygen atoms in total. The average molecular weight is 282 g/mol. The molecule has 0 fully saturated rings. The number of carbonyl (C=O) groups is 1. The van der Waals surface area contributed by atoms with Crippen LogP contribution in [0.25, 0.3) is 11.1 Å². The van der Waals surface area contributed by atoms with Gasteiger partial charge in [-0.2, -0.15) is 0 Å². The summed E-state index contributed by atoms with van der Waals surface area (Å²) in [7, 11) is 0. The fourth-order valence-corrected chi connectivity index (χ4v) is 3.31. The van der Waals surface area contributed by atoms with Gasteiger partial charge in [-0.1, -0.05) is 48.5 Å². The molecule has 2 aromatic carbocycles. The van der Waals surface area contributed by atoms with Crippen molar-refractivity contribution in [3.63, 3.8) is 0 Å². The summed E-state index contributed by atoms with van der Waals surface area (Å²) in [5.74, 6) is 0. The van der Waals surface area contributed by atoms with Crippen LogP contribution in [0.3, 0.4) is 0 Å². The molecule has 0 heterocycles. The van der Waals surface area contributed by atoms with Crippen molar-refractivity contribution in [2.45, 2.75) is 24.9 Å². The average Bonchev–Trinajstić information content (AvgIpc) is 2.80. The minimum Gasteiger partial charge on any atom is -0.451 e. The summed E-state index contributed by atoms with van der Waals surface area (Å²) in [6.07, 6.45) is 2.18. The van der Waals surface area contributed by atoms with Gasteiger partial charge in [-0.25, -0.2) is 0 Å². The summed E-state index contributed by atoms with van der Waals surface area (Å²) < 4.78 is 5.63. The van der Waals surface area contributed by atoms with Crippen molar-refractivity contribution in [3.05, 3.63) is 59.7 Å². The highest BCUT2D eigenvalue weighted by molar-refractivity contribution is 5.80. The summed E-state index contributed by atoms with van der Waals surface area (Å²) in [5, 5.41) is 9.03. The molecule has 1 aliphatic carbocycles. The van der Waals surface area contributed by atoms with Gasteiger partial charge in [-0.15, -0.1) is 0 Å². The highest BCUT2D eigenvalue weighted by Crippen LogP contribution is 2.51. The number of ether oxygens (including phenoxy) is 1. The Morgan fingerprint density at radius 2 is 1.52 bits per heavy atom. The van der Waals surface area contributed by atoms with Gasteiger partial charge in [0.25, 0.3) is 6.47 Å². The predicted molar refractivity (Wildman–Crippen MR) is 80.7 cm³/mol. The summed E-state index contributed by atoms with van der Waals surface area (Å²) in [4.78, 5) is 11.1. The summed E-state index contributed by atoms with van der Waals surface area (Å²) >= 11 is 0. The van der Waals surface area contributed by atoms with Crippen LogP contribution in [0, 0.1) is 0 Å². The second-order valence-corrected chi connectivity index (χ2v) is 5.31. The molecular formula is C18H18O3. The van der Waals surface area contributed by atoms with E-state index in [2.05, 4.69) is 12.1 Å². The van der Waals surface area contributed by atoms with E-state index in [1.54, 1.807) is 0 Å². The molecular weight excluding hydrogens is 264 g/mol. The molecule has 3 heteroatoms. The molecule has 1 N–H and O–H groups in total. The van der Waals surface area contributed by atoms with Crippen LogP contribution < -0.4 is 0 Å². The Morgan fingerprint density at radius 1 is 0.952 bits per heavy atom. The molecule has 0 amide bonds. The number of aliphatic hydroxyl groups excluding tert-OH is 1. The van der Waals surface area contributed by atoms with Crippen LogP contribution in [-0.2, 0) is 15.1 Å². The fraction of sp³-hybridized carbons (Fsp3) is 0.278. The molecule has 0 bridgehead atoms. The lowest BCUT2D eigenvalue weighted by atomic mass is 9.86. The molecule has 108 valence electrons. The Morgan fingerprint density at radius 3 is 2.05 bits per heavy atom. The zero-order chi connectivity index (χ0) is 14.7. The lowest BCUT2D eigenvalue weighted by molar-refractivity contribution is -0.141. The smallest absolute Gasteiger partial charge is 0.294 e. The van der Waals surface area contributed by atoms with E-state index in [0.717, 1.165) is 28.7 Å². The van der Waals surface area contributed by atoms with Crippen LogP contribution in [0.2, 0.25) is 0 Å². The van der Waals surface area contributed by atoms with E-state index in [4.69, 9.17) is 9.84 Å². The number of rotatable bonds is 6. The van der Waals surface area contributed by atoms with Crippen molar-refractivity contribution >= 4 is 6.47 Å². The third kappa shape index (κ3) is 2.14. The molecule has 3 rings (SSSR count). The maximum Gasteiger partial charge on any atom is 0.294 e. The van der Waals surface area contributed by atoms with Crippen LogP contribution in [0.15, 0.2) is 48.5 Å². The monoisotopic (exact) mass is 282 g/mol. The number of fused-ring (bicyclic) bond motifs is 3. The first-order valence-corrected chi connectivity index (χ1v) is 7.25. The van der Waals surface area contributed by atoms with Gasteiger partial charge < -0.3 is 9.84 Å². The lowest BCUT2D eigenvalue weighted by Gasteiger charge is -2.30. The van der Waals surface area contributed by atoms with Gasteiger partial charge in [-0.05, 0) is 30.4 Å². The van der Waals surface area contributed by atoms with Crippen molar-refractivity contribution in [2.75, 3.05) is 6.61 Å². The van der Waals surface area contributed by atoms with E-state index < -0.39 is 5.60 Å². The normalized spacial score (nSPS) is 14.3. The van der Waals surface area contributed by atoms with Gasteiger partial charge in [0.2, 0.25) is 0 Å². The SMILES string of the molecule is O=COC1(CCCCO)c2ccccc2-c2ccccc21. The van der Waals surface area contributed by atoms with Gasteiger partial charge in [0.15, 0.2) is 5.60 Å². The highest BCUT2D eigenvalue weighted by Gasteiger charge is 2.44. The van der Waals surface area contributed by atoms with Crippen LogP contribution in [0.1, 0.15) is 30.4 Å². The molecule has 0 saturated heterocycles. The minimum atomic E-state index is -0.718. The van der Waals surface area contributed by atoms with E-state index in [9.17, 15) is 4.79 Å². The first-order chi connectivity index (χ1) is 10.3. The summed E-state index contributed by atoms with van der Waals surface area (Å²) in [6, 6.07) is 16.1. The Bertz CT molecular complexity index is 603. The molecule has 0 saturated carbocycles. The van der Waals surface area contributed by atoms with Crippen molar-refractivity contribution in [1.29, 1.82) is 0 Å². The number of benzene rings is 2. The first-order valence-electron chi connectivity index (χ1n) is 7.25. The van der Waals surface area contributed by atoms with Crippen molar-refractivity contribution < 1.29 is 14.6 Å². The molecule has 0 spiro atoms. The van der Waals surface area contributed by atoms with Gasteiger partial charge >= 0.3 is 0 Å². The maximum atomic E-state index is 11.1. The van der Waals surface area contributed by atoms with Crippen LogP contribution in [-0.4, -0.2) is 18.2 Å². The molecule has 0 radical (unpaired) electrons. The van der Waals surface area contributed by atoms with Gasteiger partial charge in [0.1, 0.15) is 0 Å². The van der Waals surface area contributed by atoms with Crippen molar-refractivity contribution in [1.82, 2.24) is 0 Å². The van der Waals surface area contributed by atoms with Gasteiger partial charge in [-0.3, -0.25) is 4.79 Å². The van der Waals surface area contributed by atoms with E-state index in [-0.39, 0.29) is 6.61 Å². The minimum absolute atomic E-state index is 0.153. The topological polar surface area (TPSA) is 46.5 Å². The molecule has 0 unspecified atom stereocenters. The maximum absolute atomic E-state index is 11.1. The van der Waals surface area contributed by atoms with Gasteiger partial charge in [0.05, 0.1) is 0 Å². The van der Waals surface area contributed by atoms with Crippen molar-refractivity contribution in [2.24, 2.45) is 0 Å². The largest absolute Gasteiger partial charge is 0.451 e. The molecule has 0 aliphatic heterocycles. The van der Waals surface area contributed by atoms with Gasteiger partial charge in [0, 0.05) is 17.7 Å². The standard InChI is InChI=1S/C18H18O3/c19-12-6-5-11-18(21-13-20)16-9-3-1-7-14(16)15-8-2-4-10-17(15)18/h1-4,7-10,13,19H,5-6,11-12H2. The molecule has 0 atom stereocenters. The second-order valence-electron chi connectivity index (χ2n) is 5.31. The molecule has 21 heavy (non-hydrogen) atoms. The predicted octanol–water partition coefficient (Wildman–Crippen LogP) is 3.25. The lowest BCUT2D eigenvalue weighted by Crippen LogP contribution is -2.28. The zero-order valence-corrected chi connectivity index (χ0v) is 11.8. The van der Waals surface area contributed by atoms with Crippen LogP contribution in [0.4, 0.5) is 0 Å². The number of aliphatic hydroxyl groups is 1. The fourth-order valence-electron chi connectivity index (χ4n) is 3.31. The zero-order valence-electron chi connectivity index (χ0n) is 11.8. The Kier molecular flexibility index (Phi) is 3.76. The number of hydrogen-bond acceptors (Lipinski definition) is 3. The second kappa shape index (κ2) is 5.70. The molecule has 0 aromatic heterocycles. The van der Waals surface area contributed by atoms with Crippen molar-refractivity contribution in [3.8, 4) is 11.1 Å². The highest BCUT2D eigenvalue weighted by atomic mass is 16.5. The Balaban J connectivity index is 2.15. The summed E-state index contributed by atoms with van der Waals surface area (Å²) in [6.45, 7) is 0.693. The quantitative estimate of drug-likeness (QED) is 0.653. The first kappa shape index (κ1) is 13.8. The number of hydrogen-bond donors (Lipinski definition) is 1. The van der Waals surface area contributed by atoms with E-state index in [1.165, 1.54) is 0 Å². The van der Waals surface area contributed by atoms with E-state index in [0.29, 0.717) is 19.3 Å². The Labute approximate surface area is 124 Å². The van der Waals surface area contributed by atoms with Crippen LogP contribution in [0.5, 0.6) is 0 Å². The Hall–Kier alpha value is -2.13. The molecule has 2 aromatic rings.